The topological polar surface area (TPSA) is 120 Å². The lowest BCUT2D eigenvalue weighted by Crippen LogP contribution is -2.18. The van der Waals surface area contributed by atoms with Crippen molar-refractivity contribution in [3.05, 3.63) is 22.4 Å². The number of pyridine rings is 1. The van der Waals surface area contributed by atoms with Gasteiger partial charge in [0.15, 0.2) is 0 Å². The van der Waals surface area contributed by atoms with Crippen molar-refractivity contribution in [2.45, 2.75) is 58.0 Å². The van der Waals surface area contributed by atoms with E-state index in [-0.39, 0.29) is 12.5 Å². The molecule has 0 radical (unpaired) electrons. The summed E-state index contributed by atoms with van der Waals surface area (Å²) in [4.78, 5) is 14.8. The Bertz CT molecular complexity index is 785. The minimum absolute atomic E-state index is 0.0944. The number of carboxylic acids is 1. The average Bonchev–Trinajstić information content (AvgIpc) is 2.91. The van der Waals surface area contributed by atoms with Crippen molar-refractivity contribution in [2.75, 3.05) is 5.73 Å². The Morgan fingerprint density at radius 3 is 2.88 bits per heavy atom. The number of aromatic nitrogens is 3. The maximum atomic E-state index is 10.5. The number of unbranched alkanes of at least 4 members (excludes halogenated alkanes) is 3. The Labute approximate surface area is 161 Å². The van der Waals surface area contributed by atoms with Gasteiger partial charge in [0.2, 0.25) is 0 Å². The minimum atomic E-state index is -0.735. The molecule has 0 aromatic carbocycles. The Balaban J connectivity index is 2.12. The fraction of sp³-hybridized carbons (Fsp3) is 0.500. The maximum absolute atomic E-state index is 10.5. The van der Waals surface area contributed by atoms with E-state index < -0.39 is 5.97 Å². The molecule has 0 aliphatic carbocycles. The van der Waals surface area contributed by atoms with Crippen molar-refractivity contribution in [1.29, 1.82) is 0 Å². The Hall–Kier alpha value is -1.93. The molecular formula is C18H26BrN5O2. The summed E-state index contributed by atoms with van der Waals surface area (Å²) in [5.41, 5.74) is 13.8. The van der Waals surface area contributed by atoms with Crippen LogP contribution in [0, 0.1) is 0 Å². The zero-order chi connectivity index (χ0) is 19.1. The predicted octanol–water partition coefficient (Wildman–Crippen LogP) is 3.56. The van der Waals surface area contributed by atoms with Gasteiger partial charge in [-0.15, -0.1) is 0 Å². The third-order valence-electron chi connectivity index (χ3n) is 4.14. The molecule has 142 valence electrons. The van der Waals surface area contributed by atoms with Crippen LogP contribution in [0.15, 0.2) is 16.9 Å². The number of nitrogen functional groups attached to an aromatic ring is 1. The lowest BCUT2D eigenvalue weighted by molar-refractivity contribution is -0.137. The van der Waals surface area contributed by atoms with Crippen LogP contribution in [0.5, 0.6) is 0 Å². The highest BCUT2D eigenvalue weighted by Crippen LogP contribution is 2.30. The highest BCUT2D eigenvalue weighted by atomic mass is 79.9. The molecule has 2 aromatic rings. The average molecular weight is 424 g/mol. The number of anilines is 1. The predicted molar refractivity (Wildman–Crippen MR) is 108 cm³/mol. The van der Waals surface area contributed by atoms with Crippen LogP contribution in [0.3, 0.4) is 0 Å². The number of aliphatic carboxylic acids is 1. The number of fused-ring (bicyclic) bond motifs is 1. The van der Waals surface area contributed by atoms with E-state index in [9.17, 15) is 4.79 Å². The molecule has 0 saturated heterocycles. The molecule has 0 amide bonds. The molecule has 2 heterocycles. The van der Waals surface area contributed by atoms with E-state index in [4.69, 9.17) is 16.6 Å². The normalized spacial score (nSPS) is 12.9. The number of nitrogens with two attached hydrogens (primary N) is 2. The number of carboxylic acid groups (broad SMARTS) is 1. The van der Waals surface area contributed by atoms with Crippen molar-refractivity contribution in [3.8, 4) is 0 Å². The van der Waals surface area contributed by atoms with Gasteiger partial charge >= 0.3 is 5.97 Å². The van der Waals surface area contributed by atoms with Gasteiger partial charge < -0.3 is 16.6 Å². The summed E-state index contributed by atoms with van der Waals surface area (Å²) in [6.07, 6.45) is 10.4. The number of nitrogens with zero attached hydrogens (tertiary/aromatic N) is 3. The second-order valence-corrected chi connectivity index (χ2v) is 7.25. The summed E-state index contributed by atoms with van der Waals surface area (Å²) in [6.45, 7) is 2.68. The molecule has 1 unspecified atom stereocenters. The van der Waals surface area contributed by atoms with Crippen molar-refractivity contribution < 1.29 is 9.90 Å². The minimum Gasteiger partial charge on any atom is -0.481 e. The van der Waals surface area contributed by atoms with Gasteiger partial charge in [-0.25, -0.2) is 4.98 Å². The summed E-state index contributed by atoms with van der Waals surface area (Å²) in [5, 5.41) is 14.0. The van der Waals surface area contributed by atoms with Crippen LogP contribution in [0.2, 0.25) is 0 Å². The van der Waals surface area contributed by atoms with E-state index >= 15 is 0 Å². The largest absolute Gasteiger partial charge is 0.481 e. The van der Waals surface area contributed by atoms with Gasteiger partial charge in [0.05, 0.1) is 10.9 Å². The molecular weight excluding hydrogens is 398 g/mol. The highest BCUT2D eigenvalue weighted by Gasteiger charge is 2.15. The SMILES string of the molecule is CC(N)CCn1nc(Br)c2c(N)ncc(/C=C/CCCCCC(=O)O)c21. The Morgan fingerprint density at radius 2 is 2.19 bits per heavy atom. The second kappa shape index (κ2) is 9.68. The highest BCUT2D eigenvalue weighted by molar-refractivity contribution is 9.10. The van der Waals surface area contributed by atoms with Crippen LogP contribution in [0.25, 0.3) is 17.0 Å². The molecule has 0 spiro atoms. The van der Waals surface area contributed by atoms with Gasteiger partial charge in [0.25, 0.3) is 0 Å². The molecule has 0 aliphatic heterocycles. The van der Waals surface area contributed by atoms with Gasteiger partial charge in [-0.05, 0) is 48.5 Å². The first kappa shape index (κ1) is 20.4. The van der Waals surface area contributed by atoms with Crippen molar-refractivity contribution in [2.24, 2.45) is 5.73 Å². The molecule has 0 bridgehead atoms. The van der Waals surface area contributed by atoms with Gasteiger partial charge in [0.1, 0.15) is 10.4 Å². The summed E-state index contributed by atoms with van der Waals surface area (Å²) < 4.78 is 2.61. The van der Waals surface area contributed by atoms with E-state index in [1.165, 1.54) is 0 Å². The van der Waals surface area contributed by atoms with Crippen LogP contribution in [-0.4, -0.2) is 31.9 Å². The summed E-state index contributed by atoms with van der Waals surface area (Å²) >= 11 is 3.48. The Kier molecular flexibility index (Phi) is 7.59. The Morgan fingerprint density at radius 1 is 1.42 bits per heavy atom. The van der Waals surface area contributed by atoms with Crippen LogP contribution in [0.1, 0.15) is 51.0 Å². The van der Waals surface area contributed by atoms with E-state index in [1.807, 2.05) is 17.7 Å². The zero-order valence-corrected chi connectivity index (χ0v) is 16.6. The lowest BCUT2D eigenvalue weighted by Gasteiger charge is -2.08. The zero-order valence-electron chi connectivity index (χ0n) is 15.0. The summed E-state index contributed by atoms with van der Waals surface area (Å²) in [7, 11) is 0. The summed E-state index contributed by atoms with van der Waals surface area (Å²) in [5.74, 6) is -0.286. The number of allylic oxidation sites excluding steroid dienone is 1. The fourth-order valence-corrected chi connectivity index (χ4v) is 3.34. The molecule has 7 nitrogen and oxygen atoms in total. The molecule has 0 aliphatic rings. The van der Waals surface area contributed by atoms with Gasteiger partial charge in [-0.1, -0.05) is 18.6 Å². The quantitative estimate of drug-likeness (QED) is 0.502. The van der Waals surface area contributed by atoms with Gasteiger partial charge in [-0.3, -0.25) is 9.48 Å². The molecule has 5 N–H and O–H groups in total. The number of hydrogen-bond acceptors (Lipinski definition) is 5. The smallest absolute Gasteiger partial charge is 0.303 e. The second-order valence-electron chi connectivity index (χ2n) is 6.50. The number of rotatable bonds is 10. The first-order valence-corrected chi connectivity index (χ1v) is 9.64. The van der Waals surface area contributed by atoms with Gasteiger partial charge in [-0.2, -0.15) is 5.10 Å². The van der Waals surface area contributed by atoms with Crippen LogP contribution in [0.4, 0.5) is 5.82 Å². The number of hydrogen-bond donors (Lipinski definition) is 3. The molecule has 8 heteroatoms. The molecule has 1 atom stereocenters. The molecule has 2 aromatic heterocycles. The number of carbonyl (C=O) groups is 1. The molecule has 26 heavy (non-hydrogen) atoms. The molecule has 0 saturated carbocycles. The van der Waals surface area contributed by atoms with Gasteiger partial charge in [0, 0.05) is 30.8 Å². The third kappa shape index (κ3) is 5.54. The van der Waals surface area contributed by atoms with Crippen molar-refractivity contribution in [3.63, 3.8) is 0 Å². The first-order chi connectivity index (χ1) is 12.4. The number of halogens is 1. The van der Waals surface area contributed by atoms with Crippen LogP contribution < -0.4 is 11.5 Å². The van der Waals surface area contributed by atoms with E-state index in [0.29, 0.717) is 23.4 Å². The molecule has 0 fully saturated rings. The van der Waals surface area contributed by atoms with Crippen LogP contribution in [-0.2, 0) is 11.3 Å². The van der Waals surface area contributed by atoms with Crippen molar-refractivity contribution >= 4 is 44.7 Å². The van der Waals surface area contributed by atoms with Crippen molar-refractivity contribution in [1.82, 2.24) is 14.8 Å². The monoisotopic (exact) mass is 423 g/mol. The maximum Gasteiger partial charge on any atom is 0.303 e. The first-order valence-electron chi connectivity index (χ1n) is 8.84. The third-order valence-corrected chi connectivity index (χ3v) is 4.69. The molecule has 2 rings (SSSR count). The standard InChI is InChI=1S/C18H26BrN5O2/c1-12(20)9-10-24-16-13(7-5-3-2-4-6-8-14(25)26)11-22-18(21)15(16)17(19)23-24/h5,7,11-12H,2-4,6,8-10,20H2,1H3,(H2,21,22)(H,25,26)/b7-5+. The fourth-order valence-electron chi connectivity index (χ4n) is 2.75. The number of aryl methyl sites for hydroxylation is 1. The van der Waals surface area contributed by atoms with Crippen LogP contribution >= 0.6 is 15.9 Å². The van der Waals surface area contributed by atoms with E-state index in [0.717, 1.165) is 42.1 Å². The van der Waals surface area contributed by atoms with E-state index in [1.54, 1.807) is 6.20 Å². The summed E-state index contributed by atoms with van der Waals surface area (Å²) in [6, 6.07) is 0.0944. The lowest BCUT2D eigenvalue weighted by atomic mass is 10.1. The van der Waals surface area contributed by atoms with E-state index in [2.05, 4.69) is 32.1 Å².